The number of hydrogen-bond acceptors (Lipinski definition) is 4. The van der Waals surface area contributed by atoms with Gasteiger partial charge in [0.2, 0.25) is 5.95 Å². The van der Waals surface area contributed by atoms with Gasteiger partial charge in [-0.1, -0.05) is 13.8 Å². The first-order valence-electron chi connectivity index (χ1n) is 5.06. The second-order valence-electron chi connectivity index (χ2n) is 3.87. The molecule has 17 heavy (non-hydrogen) atoms. The van der Waals surface area contributed by atoms with Gasteiger partial charge >= 0.3 is 12.0 Å². The van der Waals surface area contributed by atoms with Crippen LogP contribution < -0.4 is 10.6 Å². The molecule has 0 saturated heterocycles. The van der Waals surface area contributed by atoms with Gasteiger partial charge in [-0.15, -0.1) is 0 Å². The average Bonchev–Trinajstić information content (AvgIpc) is 2.60. The molecule has 0 spiro atoms. The van der Waals surface area contributed by atoms with Crippen LogP contribution >= 0.6 is 0 Å². The maximum atomic E-state index is 11.5. The number of rotatable bonds is 4. The van der Waals surface area contributed by atoms with Crippen LogP contribution in [0.25, 0.3) is 0 Å². The van der Waals surface area contributed by atoms with E-state index < -0.39 is 18.0 Å². The highest BCUT2D eigenvalue weighted by Crippen LogP contribution is 2.03. The lowest BCUT2D eigenvalue weighted by Crippen LogP contribution is -2.46. The van der Waals surface area contributed by atoms with Gasteiger partial charge in [0.05, 0.1) is 0 Å². The van der Waals surface area contributed by atoms with Gasteiger partial charge in [0, 0.05) is 7.05 Å². The van der Waals surface area contributed by atoms with E-state index in [9.17, 15) is 9.59 Å². The number of carbonyl (C=O) groups excluding carboxylic acids is 1. The van der Waals surface area contributed by atoms with E-state index in [0.29, 0.717) is 0 Å². The lowest BCUT2D eigenvalue weighted by atomic mass is 10.1. The minimum absolute atomic E-state index is 0.210. The Morgan fingerprint density at radius 1 is 1.47 bits per heavy atom. The molecule has 1 heterocycles. The van der Waals surface area contributed by atoms with Crippen molar-refractivity contribution >= 4 is 17.9 Å². The van der Waals surface area contributed by atoms with Crippen LogP contribution in [0.1, 0.15) is 13.8 Å². The second kappa shape index (κ2) is 5.28. The SMILES string of the molecule is CC(C)[C@H](NC(=O)Nc1ncnn1C)C(=O)O. The van der Waals surface area contributed by atoms with Gasteiger partial charge in [-0.3, -0.25) is 5.32 Å². The third-order valence-electron chi connectivity index (χ3n) is 2.16. The molecule has 0 saturated carbocycles. The zero-order valence-electron chi connectivity index (χ0n) is 9.84. The van der Waals surface area contributed by atoms with Crippen LogP contribution in [-0.4, -0.2) is 37.9 Å². The molecule has 94 valence electrons. The van der Waals surface area contributed by atoms with Gasteiger partial charge in [-0.25, -0.2) is 14.3 Å². The summed E-state index contributed by atoms with van der Waals surface area (Å²) in [5.41, 5.74) is 0. The molecule has 0 aliphatic rings. The van der Waals surface area contributed by atoms with Crippen LogP contribution in [0, 0.1) is 5.92 Å². The first-order valence-corrected chi connectivity index (χ1v) is 5.06. The first-order chi connectivity index (χ1) is 7.91. The van der Waals surface area contributed by atoms with Gasteiger partial charge in [-0.2, -0.15) is 10.1 Å². The quantitative estimate of drug-likeness (QED) is 0.689. The summed E-state index contributed by atoms with van der Waals surface area (Å²) in [6.45, 7) is 3.42. The summed E-state index contributed by atoms with van der Waals surface area (Å²) in [6, 6.07) is -1.56. The predicted molar refractivity (Wildman–Crippen MR) is 59.4 cm³/mol. The Hall–Kier alpha value is -2.12. The number of aryl methyl sites for hydroxylation is 1. The van der Waals surface area contributed by atoms with Crippen LogP contribution in [-0.2, 0) is 11.8 Å². The van der Waals surface area contributed by atoms with Gasteiger partial charge in [-0.05, 0) is 5.92 Å². The van der Waals surface area contributed by atoms with Crippen molar-refractivity contribution in [1.29, 1.82) is 0 Å². The number of urea groups is 1. The molecule has 0 radical (unpaired) electrons. The van der Waals surface area contributed by atoms with E-state index in [0.717, 1.165) is 0 Å². The Labute approximate surface area is 98.0 Å². The van der Waals surface area contributed by atoms with E-state index >= 15 is 0 Å². The molecule has 0 aliphatic heterocycles. The molecule has 0 aromatic carbocycles. The fourth-order valence-corrected chi connectivity index (χ4v) is 1.20. The van der Waals surface area contributed by atoms with E-state index in [-0.39, 0.29) is 11.9 Å². The van der Waals surface area contributed by atoms with Crippen molar-refractivity contribution < 1.29 is 14.7 Å². The zero-order valence-corrected chi connectivity index (χ0v) is 9.84. The van der Waals surface area contributed by atoms with Gasteiger partial charge in [0.25, 0.3) is 0 Å². The molecular weight excluding hydrogens is 226 g/mol. The van der Waals surface area contributed by atoms with E-state index in [1.807, 2.05) is 0 Å². The van der Waals surface area contributed by atoms with Crippen molar-refractivity contribution in [2.45, 2.75) is 19.9 Å². The third kappa shape index (κ3) is 3.44. The highest BCUT2D eigenvalue weighted by Gasteiger charge is 2.23. The fourth-order valence-electron chi connectivity index (χ4n) is 1.20. The maximum absolute atomic E-state index is 11.5. The number of hydrogen-bond donors (Lipinski definition) is 3. The van der Waals surface area contributed by atoms with Crippen LogP contribution in [0.2, 0.25) is 0 Å². The second-order valence-corrected chi connectivity index (χ2v) is 3.87. The summed E-state index contributed by atoms with van der Waals surface area (Å²) in [4.78, 5) is 26.2. The lowest BCUT2D eigenvalue weighted by Gasteiger charge is -2.17. The lowest BCUT2D eigenvalue weighted by molar-refractivity contribution is -0.140. The van der Waals surface area contributed by atoms with Crippen LogP contribution in [0.4, 0.5) is 10.7 Å². The molecule has 0 aliphatic carbocycles. The van der Waals surface area contributed by atoms with E-state index in [4.69, 9.17) is 5.11 Å². The summed E-state index contributed by atoms with van der Waals surface area (Å²) < 4.78 is 1.37. The van der Waals surface area contributed by atoms with Crippen molar-refractivity contribution in [3.05, 3.63) is 6.33 Å². The van der Waals surface area contributed by atoms with Crippen molar-refractivity contribution in [2.75, 3.05) is 5.32 Å². The third-order valence-corrected chi connectivity index (χ3v) is 2.16. The van der Waals surface area contributed by atoms with Crippen molar-refractivity contribution in [1.82, 2.24) is 20.1 Å². The molecule has 2 amide bonds. The van der Waals surface area contributed by atoms with Gasteiger partial charge in [0.15, 0.2) is 0 Å². The van der Waals surface area contributed by atoms with E-state index in [1.165, 1.54) is 11.0 Å². The number of nitrogens with zero attached hydrogens (tertiary/aromatic N) is 3. The molecule has 0 fully saturated rings. The monoisotopic (exact) mass is 241 g/mol. The fraction of sp³-hybridized carbons (Fsp3) is 0.556. The molecular formula is C9H15N5O3. The summed E-state index contributed by atoms with van der Waals surface area (Å²) in [5, 5.41) is 17.4. The summed E-state index contributed by atoms with van der Waals surface area (Å²) in [5.74, 6) is -1.04. The molecule has 8 nitrogen and oxygen atoms in total. The zero-order chi connectivity index (χ0) is 13.0. The summed E-state index contributed by atoms with van der Waals surface area (Å²) >= 11 is 0. The van der Waals surface area contributed by atoms with Gasteiger partial charge in [0.1, 0.15) is 12.4 Å². The van der Waals surface area contributed by atoms with Crippen LogP contribution in [0.3, 0.4) is 0 Å². The molecule has 1 aromatic heterocycles. The first kappa shape index (κ1) is 12.9. The minimum Gasteiger partial charge on any atom is -0.480 e. The van der Waals surface area contributed by atoms with Crippen LogP contribution in [0.5, 0.6) is 0 Å². The molecule has 0 bridgehead atoms. The summed E-state index contributed by atoms with van der Waals surface area (Å²) in [7, 11) is 1.61. The Morgan fingerprint density at radius 2 is 2.12 bits per heavy atom. The number of anilines is 1. The topological polar surface area (TPSA) is 109 Å². The number of carbonyl (C=O) groups is 2. The van der Waals surface area contributed by atoms with Crippen molar-refractivity contribution in [2.24, 2.45) is 13.0 Å². The van der Waals surface area contributed by atoms with Crippen LogP contribution in [0.15, 0.2) is 6.33 Å². The van der Waals surface area contributed by atoms with Crippen molar-refractivity contribution in [3.63, 3.8) is 0 Å². The highest BCUT2D eigenvalue weighted by atomic mass is 16.4. The summed E-state index contributed by atoms with van der Waals surface area (Å²) in [6.07, 6.45) is 1.28. The number of nitrogens with one attached hydrogen (secondary N) is 2. The predicted octanol–water partition coefficient (Wildman–Crippen LogP) is 0.0458. The maximum Gasteiger partial charge on any atom is 0.326 e. The molecule has 1 aromatic rings. The van der Waals surface area contributed by atoms with Gasteiger partial charge < -0.3 is 10.4 Å². The highest BCUT2D eigenvalue weighted by molar-refractivity contribution is 5.90. The standard InChI is InChI=1S/C9H15N5O3/c1-5(2)6(7(15)16)12-9(17)13-8-10-4-11-14(8)3/h4-6H,1-3H3,(H,15,16)(H2,10,11,12,13,17)/t6-/m0/s1. The Balaban J connectivity index is 2.60. The Kier molecular flexibility index (Phi) is 4.02. The smallest absolute Gasteiger partial charge is 0.326 e. The average molecular weight is 241 g/mol. The molecule has 8 heteroatoms. The Morgan fingerprint density at radius 3 is 2.53 bits per heavy atom. The molecule has 0 unspecified atom stereocenters. The number of amides is 2. The molecule has 1 atom stereocenters. The van der Waals surface area contributed by atoms with E-state index in [2.05, 4.69) is 20.7 Å². The van der Waals surface area contributed by atoms with Crippen molar-refractivity contribution in [3.8, 4) is 0 Å². The normalized spacial score (nSPS) is 12.2. The number of carboxylic acids is 1. The number of aromatic nitrogens is 3. The van der Waals surface area contributed by atoms with E-state index in [1.54, 1.807) is 20.9 Å². The minimum atomic E-state index is -1.08. The Bertz CT molecular complexity index is 415. The largest absolute Gasteiger partial charge is 0.480 e. The molecule has 1 rings (SSSR count). The number of aliphatic carboxylic acids is 1. The number of carboxylic acid groups (broad SMARTS) is 1. The molecule has 3 N–H and O–H groups in total.